The first-order valence-electron chi connectivity index (χ1n) is 7.59. The van der Waals surface area contributed by atoms with Crippen molar-refractivity contribution >= 4 is 11.4 Å². The second-order valence-corrected chi connectivity index (χ2v) is 6.00. The van der Waals surface area contributed by atoms with Crippen LogP contribution in [0.1, 0.15) is 28.8 Å². The number of pyridine rings is 1. The lowest BCUT2D eigenvalue weighted by atomic mass is 9.93. The van der Waals surface area contributed by atoms with Gasteiger partial charge in [0.1, 0.15) is 11.9 Å². The van der Waals surface area contributed by atoms with Crippen molar-refractivity contribution in [3.8, 4) is 6.07 Å². The smallest absolute Gasteiger partial charge is 0.338 e. The number of aromatic nitrogens is 1. The third-order valence-electron chi connectivity index (χ3n) is 4.31. The Bertz CT molecular complexity index is 960. The lowest BCUT2D eigenvalue weighted by molar-refractivity contribution is -0.143. The summed E-state index contributed by atoms with van der Waals surface area (Å²) in [7, 11) is 0. The molecule has 1 aliphatic rings. The second kappa shape index (κ2) is 6.11. The van der Waals surface area contributed by atoms with E-state index in [1.165, 1.54) is 0 Å². The fourth-order valence-electron chi connectivity index (χ4n) is 3.03. The molecule has 0 aliphatic carbocycles. The molecule has 1 aliphatic heterocycles. The molecule has 0 atom stereocenters. The van der Waals surface area contributed by atoms with Crippen LogP contribution in [0.5, 0.6) is 0 Å². The minimum atomic E-state index is -5.03. The Balaban J connectivity index is 2.25. The van der Waals surface area contributed by atoms with Crippen LogP contribution in [-0.4, -0.2) is 11.5 Å². The minimum absolute atomic E-state index is 0.208. The summed E-state index contributed by atoms with van der Waals surface area (Å²) in [5.41, 5.74) is -4.01. The number of rotatable bonds is 1. The van der Waals surface area contributed by atoms with Crippen LogP contribution in [-0.2, 0) is 12.1 Å². The summed E-state index contributed by atoms with van der Waals surface area (Å²) in [5.74, 6) is -6.15. The highest BCUT2D eigenvalue weighted by atomic mass is 19.4. The highest BCUT2D eigenvalue weighted by molar-refractivity contribution is 5.76. The van der Waals surface area contributed by atoms with Gasteiger partial charge in [-0.3, -0.25) is 0 Å². The van der Waals surface area contributed by atoms with Crippen LogP contribution in [0.2, 0.25) is 0 Å². The van der Waals surface area contributed by atoms with Gasteiger partial charge in [0.25, 0.3) is 5.92 Å². The standard InChI is InChI=1S/C17H10F7N3/c1-8-12(7-26-15(13(8)19)17(22,23)24)27-3-2-16(20,21)11-5-10(18)4-9(6-25)14(11)27/h4-5,7H,2-3H2,1H3. The van der Waals surface area contributed by atoms with Crippen molar-refractivity contribution in [2.45, 2.75) is 25.4 Å². The Morgan fingerprint density at radius 3 is 2.48 bits per heavy atom. The van der Waals surface area contributed by atoms with E-state index in [0.29, 0.717) is 12.3 Å². The molecule has 2 aromatic rings. The third kappa shape index (κ3) is 3.07. The predicted molar refractivity (Wildman–Crippen MR) is 80.6 cm³/mol. The van der Waals surface area contributed by atoms with Gasteiger partial charge in [-0.25, -0.2) is 22.5 Å². The molecule has 0 amide bonds. The summed E-state index contributed by atoms with van der Waals surface area (Å²) in [6.45, 7) is 0.622. The number of halogens is 7. The van der Waals surface area contributed by atoms with Crippen molar-refractivity contribution in [3.63, 3.8) is 0 Å². The molecule has 3 rings (SSSR count). The molecule has 3 nitrogen and oxygen atoms in total. The Hall–Kier alpha value is -2.83. The fourth-order valence-corrected chi connectivity index (χ4v) is 3.03. The van der Waals surface area contributed by atoms with Crippen molar-refractivity contribution in [3.05, 3.63) is 52.3 Å². The van der Waals surface area contributed by atoms with Crippen LogP contribution in [0.3, 0.4) is 0 Å². The van der Waals surface area contributed by atoms with Crippen molar-refractivity contribution in [2.75, 3.05) is 11.4 Å². The molecular formula is C17H10F7N3. The maximum Gasteiger partial charge on any atom is 0.436 e. The van der Waals surface area contributed by atoms with E-state index >= 15 is 0 Å². The Morgan fingerprint density at radius 1 is 1.22 bits per heavy atom. The van der Waals surface area contributed by atoms with Gasteiger partial charge in [-0.1, -0.05) is 0 Å². The van der Waals surface area contributed by atoms with Crippen molar-refractivity contribution in [2.24, 2.45) is 0 Å². The summed E-state index contributed by atoms with van der Waals surface area (Å²) >= 11 is 0. The number of anilines is 2. The van der Waals surface area contributed by atoms with Gasteiger partial charge in [0.05, 0.1) is 23.1 Å². The number of nitriles is 1. The summed E-state index contributed by atoms with van der Waals surface area (Å²) in [6.07, 6.45) is -5.11. The number of fused-ring (bicyclic) bond motifs is 1. The molecule has 0 radical (unpaired) electrons. The molecule has 0 saturated carbocycles. The molecule has 1 aromatic heterocycles. The summed E-state index contributed by atoms with van der Waals surface area (Å²) in [5, 5.41) is 9.20. The molecule has 0 bridgehead atoms. The average molecular weight is 389 g/mol. The summed E-state index contributed by atoms with van der Waals surface area (Å²) < 4.78 is 94.8. The molecule has 2 heterocycles. The van der Waals surface area contributed by atoms with Gasteiger partial charge in [-0.15, -0.1) is 0 Å². The largest absolute Gasteiger partial charge is 0.436 e. The van der Waals surface area contributed by atoms with Crippen LogP contribution >= 0.6 is 0 Å². The van der Waals surface area contributed by atoms with Crippen LogP contribution in [0.15, 0.2) is 18.3 Å². The van der Waals surface area contributed by atoms with E-state index < -0.39 is 59.1 Å². The van der Waals surface area contributed by atoms with Gasteiger partial charge in [0.15, 0.2) is 11.5 Å². The molecule has 1 aromatic carbocycles. The molecule has 0 unspecified atom stereocenters. The highest BCUT2D eigenvalue weighted by Crippen LogP contribution is 2.48. The first-order valence-corrected chi connectivity index (χ1v) is 7.59. The van der Waals surface area contributed by atoms with Gasteiger partial charge in [-0.2, -0.15) is 18.4 Å². The molecule has 27 heavy (non-hydrogen) atoms. The Morgan fingerprint density at radius 2 is 1.89 bits per heavy atom. The number of nitrogens with zero attached hydrogens (tertiary/aromatic N) is 3. The van der Waals surface area contributed by atoms with Crippen LogP contribution < -0.4 is 4.90 Å². The lowest BCUT2D eigenvalue weighted by Crippen LogP contribution is -2.34. The SMILES string of the molecule is Cc1c(N2CCC(F)(F)c3cc(F)cc(C#N)c32)cnc(C(F)(F)F)c1F. The first-order chi connectivity index (χ1) is 12.5. The summed E-state index contributed by atoms with van der Waals surface area (Å²) in [4.78, 5) is 4.15. The molecule has 10 heteroatoms. The molecule has 0 spiro atoms. The van der Waals surface area contributed by atoms with Crippen LogP contribution in [0.25, 0.3) is 0 Å². The zero-order valence-electron chi connectivity index (χ0n) is 13.6. The van der Waals surface area contributed by atoms with Gasteiger partial charge >= 0.3 is 6.18 Å². The Labute approximate surface area is 148 Å². The average Bonchev–Trinajstić information content (AvgIpc) is 2.56. The first kappa shape index (κ1) is 18.9. The monoisotopic (exact) mass is 389 g/mol. The topological polar surface area (TPSA) is 39.9 Å². The molecule has 0 N–H and O–H groups in total. The molecule has 0 saturated heterocycles. The molecular weight excluding hydrogens is 379 g/mol. The summed E-state index contributed by atoms with van der Waals surface area (Å²) in [6, 6.07) is 2.89. The van der Waals surface area contributed by atoms with E-state index in [4.69, 9.17) is 0 Å². The fraction of sp³-hybridized carbons (Fsp3) is 0.294. The van der Waals surface area contributed by atoms with E-state index in [0.717, 1.165) is 17.9 Å². The van der Waals surface area contributed by atoms with Gasteiger partial charge in [0.2, 0.25) is 0 Å². The predicted octanol–water partition coefficient (Wildman–Crippen LogP) is 5.19. The maximum atomic E-state index is 14.2. The molecule has 0 fully saturated rings. The number of hydrogen-bond acceptors (Lipinski definition) is 3. The zero-order chi connectivity index (χ0) is 20.1. The zero-order valence-corrected chi connectivity index (χ0v) is 13.6. The quantitative estimate of drug-likeness (QED) is 0.630. The van der Waals surface area contributed by atoms with Crippen LogP contribution in [0, 0.1) is 29.9 Å². The minimum Gasteiger partial charge on any atom is -0.338 e. The van der Waals surface area contributed by atoms with Crippen LogP contribution in [0.4, 0.5) is 42.1 Å². The Kier molecular flexibility index (Phi) is 4.29. The number of benzene rings is 1. The van der Waals surface area contributed by atoms with E-state index in [1.807, 2.05) is 0 Å². The third-order valence-corrected chi connectivity index (χ3v) is 4.31. The number of alkyl halides is 5. The second-order valence-electron chi connectivity index (χ2n) is 6.00. The number of hydrogen-bond donors (Lipinski definition) is 0. The van der Waals surface area contributed by atoms with Crippen molar-refractivity contribution < 1.29 is 30.7 Å². The van der Waals surface area contributed by atoms with E-state index in [-0.39, 0.29) is 11.4 Å². The van der Waals surface area contributed by atoms with E-state index in [1.54, 1.807) is 6.07 Å². The highest BCUT2D eigenvalue weighted by Gasteiger charge is 2.43. The van der Waals surface area contributed by atoms with E-state index in [9.17, 15) is 36.0 Å². The molecule has 142 valence electrons. The van der Waals surface area contributed by atoms with Crippen molar-refractivity contribution in [1.82, 2.24) is 4.98 Å². The van der Waals surface area contributed by atoms with Gasteiger partial charge < -0.3 is 4.90 Å². The normalized spacial score (nSPS) is 16.0. The van der Waals surface area contributed by atoms with Gasteiger partial charge in [0, 0.05) is 24.1 Å². The maximum absolute atomic E-state index is 14.2. The van der Waals surface area contributed by atoms with Crippen molar-refractivity contribution in [1.29, 1.82) is 5.26 Å². The van der Waals surface area contributed by atoms with Gasteiger partial charge in [-0.05, 0) is 19.1 Å². The van der Waals surface area contributed by atoms with E-state index in [2.05, 4.69) is 4.98 Å². The lowest BCUT2D eigenvalue weighted by Gasteiger charge is -2.36.